The van der Waals surface area contributed by atoms with Gasteiger partial charge in [-0.05, 0) is 23.8 Å². The van der Waals surface area contributed by atoms with Crippen LogP contribution >= 0.6 is 0 Å². The zero-order valence-corrected chi connectivity index (χ0v) is 21.9. The Morgan fingerprint density at radius 2 is 1.21 bits per heavy atom. The zero-order valence-electron chi connectivity index (χ0n) is 21.9. The Hall–Kier alpha value is -6.12. The highest BCUT2D eigenvalue weighted by Gasteiger charge is 2.27. The van der Waals surface area contributed by atoms with Crippen LogP contribution < -0.4 is 15.2 Å². The minimum atomic E-state index is -1.43. The van der Waals surface area contributed by atoms with Crippen LogP contribution in [0.3, 0.4) is 0 Å². The number of nitrogens with zero attached hydrogens (tertiary/aromatic N) is 2. The van der Waals surface area contributed by atoms with Crippen molar-refractivity contribution in [2.75, 3.05) is 36.0 Å². The smallest absolute Gasteiger partial charge is 0.336 e. The number of aromatic carboxylic acids is 1. The van der Waals surface area contributed by atoms with Crippen LogP contribution in [0.5, 0.6) is 5.75 Å². The van der Waals surface area contributed by atoms with Crippen molar-refractivity contribution >= 4 is 52.2 Å². The highest BCUT2D eigenvalue weighted by atomic mass is 16.4. The number of phenols is 1. The van der Waals surface area contributed by atoms with Gasteiger partial charge in [0.1, 0.15) is 43.3 Å². The maximum absolute atomic E-state index is 13.1. The fourth-order valence-electron chi connectivity index (χ4n) is 4.71. The summed E-state index contributed by atoms with van der Waals surface area (Å²) >= 11 is 0. The average Bonchev–Trinajstić information content (AvgIpc) is 2.89. The van der Waals surface area contributed by atoms with Crippen molar-refractivity contribution in [2.45, 2.75) is 0 Å². The van der Waals surface area contributed by atoms with E-state index in [0.29, 0.717) is 0 Å². The lowest BCUT2D eigenvalue weighted by molar-refractivity contribution is -0.138. The van der Waals surface area contributed by atoms with Crippen LogP contribution in [-0.4, -0.2) is 86.7 Å². The molecule has 0 aromatic heterocycles. The van der Waals surface area contributed by atoms with E-state index in [-0.39, 0.29) is 50.4 Å². The Morgan fingerprint density at radius 1 is 0.674 bits per heavy atom. The van der Waals surface area contributed by atoms with Gasteiger partial charge in [0.05, 0.1) is 16.9 Å². The molecule has 0 saturated heterocycles. The molecule has 0 unspecified atom stereocenters. The summed E-state index contributed by atoms with van der Waals surface area (Å²) in [6.07, 6.45) is 0. The lowest BCUT2D eigenvalue weighted by atomic mass is 9.90. The van der Waals surface area contributed by atoms with E-state index in [1.807, 2.05) is 0 Å². The van der Waals surface area contributed by atoms with E-state index in [1.165, 1.54) is 30.3 Å². The molecule has 2 aliphatic rings. The van der Waals surface area contributed by atoms with Gasteiger partial charge in [-0.25, -0.2) is 4.79 Å². The van der Waals surface area contributed by atoms with E-state index in [4.69, 9.17) is 4.42 Å². The van der Waals surface area contributed by atoms with Crippen molar-refractivity contribution in [1.29, 1.82) is 0 Å². The van der Waals surface area contributed by atoms with E-state index < -0.39 is 67.2 Å². The van der Waals surface area contributed by atoms with E-state index in [2.05, 4.69) is 0 Å². The van der Waals surface area contributed by atoms with Gasteiger partial charge in [0, 0.05) is 28.6 Å². The zero-order chi connectivity index (χ0) is 31.6. The van der Waals surface area contributed by atoms with Gasteiger partial charge in [0.25, 0.3) is 0 Å². The molecule has 0 spiro atoms. The Kier molecular flexibility index (Phi) is 8.18. The minimum Gasteiger partial charge on any atom is -0.506 e. The molecular formula is C28H22N2O13. The molecule has 2 aromatic rings. The Morgan fingerprint density at radius 3 is 1.74 bits per heavy atom. The SMILES string of the molecule is O=C(O)CN(CC(=O)O)c1cc2c(-c3ccccc3C(=O)O)c3cc(N(CC(=O)O)CC(=O)O)c(=O)cc-3oc2cc1O. The second kappa shape index (κ2) is 11.8. The number of carbonyl (C=O) groups is 5. The average molecular weight is 594 g/mol. The first kappa shape index (κ1) is 29.9. The van der Waals surface area contributed by atoms with Gasteiger partial charge in [-0.2, -0.15) is 0 Å². The van der Waals surface area contributed by atoms with Crippen LogP contribution in [0.25, 0.3) is 33.4 Å². The lowest BCUT2D eigenvalue weighted by Crippen LogP contribution is -2.37. The topological polar surface area (TPSA) is 243 Å². The number of benzene rings is 3. The molecule has 0 amide bonds. The highest BCUT2D eigenvalue weighted by Crippen LogP contribution is 2.45. The molecule has 2 aromatic carbocycles. The number of hydrogen-bond donors (Lipinski definition) is 6. The minimum absolute atomic E-state index is 0.0382. The van der Waals surface area contributed by atoms with E-state index in [0.717, 1.165) is 28.0 Å². The van der Waals surface area contributed by atoms with Crippen LogP contribution in [0.15, 0.2) is 57.7 Å². The number of anilines is 2. The summed E-state index contributed by atoms with van der Waals surface area (Å²) in [5, 5.41) is 58.1. The third-order valence-electron chi connectivity index (χ3n) is 6.31. The summed E-state index contributed by atoms with van der Waals surface area (Å²) in [6.45, 7) is -3.40. The summed E-state index contributed by atoms with van der Waals surface area (Å²) in [7, 11) is 0. The number of phenolic OH excluding ortho intramolecular Hbond substituents is 1. The predicted octanol–water partition coefficient (Wildman–Crippen LogP) is 1.92. The van der Waals surface area contributed by atoms with Crippen molar-refractivity contribution in [3.63, 3.8) is 0 Å². The molecule has 6 N–H and O–H groups in total. The summed E-state index contributed by atoms with van der Waals surface area (Å²) in [4.78, 5) is 72.9. The van der Waals surface area contributed by atoms with Gasteiger partial charge in [0.2, 0.25) is 5.43 Å². The lowest BCUT2D eigenvalue weighted by Gasteiger charge is -2.25. The normalized spacial score (nSPS) is 10.9. The Labute approximate surface area is 240 Å². The monoisotopic (exact) mass is 594 g/mol. The largest absolute Gasteiger partial charge is 0.506 e. The van der Waals surface area contributed by atoms with Gasteiger partial charge in [-0.1, -0.05) is 18.2 Å². The fourth-order valence-corrected chi connectivity index (χ4v) is 4.71. The second-order valence-electron chi connectivity index (χ2n) is 9.27. The van der Waals surface area contributed by atoms with Gasteiger partial charge >= 0.3 is 29.8 Å². The molecule has 0 fully saturated rings. The highest BCUT2D eigenvalue weighted by molar-refractivity contribution is 6.09. The number of aliphatic carboxylic acids is 4. The maximum atomic E-state index is 13.1. The van der Waals surface area contributed by atoms with Crippen molar-refractivity contribution in [3.05, 3.63) is 64.3 Å². The number of rotatable bonds is 12. The first-order chi connectivity index (χ1) is 20.3. The van der Waals surface area contributed by atoms with Gasteiger partial charge in [-0.15, -0.1) is 0 Å². The van der Waals surface area contributed by atoms with E-state index in [9.17, 15) is 59.4 Å². The molecule has 0 bridgehead atoms. The summed E-state index contributed by atoms with van der Waals surface area (Å²) in [5.74, 6) is -7.76. The van der Waals surface area contributed by atoms with Crippen molar-refractivity contribution in [3.8, 4) is 28.2 Å². The summed E-state index contributed by atoms with van der Waals surface area (Å²) in [6, 6.07) is 10.0. The number of carboxylic acids is 5. The van der Waals surface area contributed by atoms with Gasteiger partial charge in [0.15, 0.2) is 0 Å². The van der Waals surface area contributed by atoms with E-state index in [1.54, 1.807) is 0 Å². The van der Waals surface area contributed by atoms with Gasteiger partial charge < -0.3 is 44.9 Å². The van der Waals surface area contributed by atoms with Crippen molar-refractivity contribution in [2.24, 2.45) is 0 Å². The van der Waals surface area contributed by atoms with Crippen LogP contribution in [0.4, 0.5) is 11.4 Å². The fraction of sp³-hybridized carbons (Fsp3) is 0.143. The first-order valence-corrected chi connectivity index (χ1v) is 12.2. The molecule has 0 saturated carbocycles. The number of aromatic hydroxyl groups is 1. The molecule has 4 rings (SSSR count). The second-order valence-corrected chi connectivity index (χ2v) is 9.27. The molecular weight excluding hydrogens is 572 g/mol. The number of hydrogen-bond acceptors (Lipinski definition) is 10. The molecule has 1 aliphatic heterocycles. The third kappa shape index (κ3) is 6.30. The Bertz CT molecular complexity index is 1800. The van der Waals surface area contributed by atoms with Crippen molar-refractivity contribution in [1.82, 2.24) is 0 Å². The molecule has 43 heavy (non-hydrogen) atoms. The molecule has 1 heterocycles. The van der Waals surface area contributed by atoms with Crippen molar-refractivity contribution < 1.29 is 59.0 Å². The first-order valence-electron chi connectivity index (χ1n) is 12.2. The van der Waals surface area contributed by atoms with Crippen LogP contribution in [0.2, 0.25) is 0 Å². The molecule has 15 heteroatoms. The maximum Gasteiger partial charge on any atom is 0.336 e. The van der Waals surface area contributed by atoms with Crippen LogP contribution in [-0.2, 0) is 19.2 Å². The molecule has 15 nitrogen and oxygen atoms in total. The number of fused-ring (bicyclic) bond motifs is 2. The van der Waals surface area contributed by atoms with Crippen LogP contribution in [0, 0.1) is 0 Å². The van der Waals surface area contributed by atoms with E-state index >= 15 is 0 Å². The van der Waals surface area contributed by atoms with Gasteiger partial charge in [-0.3, -0.25) is 24.0 Å². The molecule has 222 valence electrons. The number of carboxylic acid groups (broad SMARTS) is 5. The quantitative estimate of drug-likeness (QED) is 0.128. The molecule has 0 atom stereocenters. The Balaban J connectivity index is 2.17. The molecule has 1 aliphatic carbocycles. The predicted molar refractivity (Wildman–Crippen MR) is 148 cm³/mol. The van der Waals surface area contributed by atoms with Crippen LogP contribution in [0.1, 0.15) is 10.4 Å². The standard InChI is InChI=1S/C28H22N2O13/c31-19-7-21-15(5-17(19)29(9-23(33)34)10-24(35)36)27(13-3-1-2-4-14(13)28(41)42)16-6-18(20(32)8-22(16)43-21)30(11-25(37)38)12-26(39)40/h1-8,31H,9-12H2,(H,33,34)(H,35,36)(H,37,38)(H,39,40)(H,41,42). The molecule has 0 radical (unpaired) electrons. The summed E-state index contributed by atoms with van der Waals surface area (Å²) in [5.41, 5.74) is -1.56. The summed E-state index contributed by atoms with van der Waals surface area (Å²) < 4.78 is 5.85. The third-order valence-corrected chi connectivity index (χ3v) is 6.31.